The Morgan fingerprint density at radius 1 is 1.10 bits per heavy atom. The van der Waals surface area contributed by atoms with Gasteiger partial charge < -0.3 is 9.84 Å². The van der Waals surface area contributed by atoms with Crippen molar-refractivity contribution >= 4 is 5.97 Å². The van der Waals surface area contributed by atoms with Crippen LogP contribution in [0.4, 0.5) is 0 Å². The van der Waals surface area contributed by atoms with Crippen molar-refractivity contribution in [3.63, 3.8) is 0 Å². The molecule has 30 heavy (non-hydrogen) atoms. The van der Waals surface area contributed by atoms with Crippen molar-refractivity contribution in [2.75, 3.05) is 19.8 Å². The van der Waals surface area contributed by atoms with Crippen LogP contribution >= 0.6 is 0 Å². The molecule has 2 rings (SSSR count). The number of ether oxygens (including phenoxy) is 1. The van der Waals surface area contributed by atoms with Crippen LogP contribution in [0.15, 0.2) is 12.4 Å². The molecule has 0 bridgehead atoms. The second-order valence-electron chi connectivity index (χ2n) is 8.35. The monoisotopic (exact) mass is 421 g/mol. The molecule has 0 radical (unpaired) electrons. The van der Waals surface area contributed by atoms with Crippen LogP contribution in [0.25, 0.3) is 0 Å². The molecule has 10 heteroatoms. The van der Waals surface area contributed by atoms with Crippen LogP contribution in [0.3, 0.4) is 0 Å². The van der Waals surface area contributed by atoms with Gasteiger partial charge in [0.25, 0.3) is 0 Å². The van der Waals surface area contributed by atoms with Gasteiger partial charge in [0, 0.05) is 45.4 Å². The lowest BCUT2D eigenvalue weighted by molar-refractivity contribution is -0.143. The zero-order valence-electron chi connectivity index (χ0n) is 18.6. The van der Waals surface area contributed by atoms with Gasteiger partial charge in [-0.15, -0.1) is 10.2 Å². The highest BCUT2D eigenvalue weighted by atomic mass is 16.5. The first-order chi connectivity index (χ1) is 14.3. The third-order valence-electron chi connectivity index (χ3n) is 4.54. The zero-order chi connectivity index (χ0) is 22.0. The minimum Gasteiger partial charge on any atom is -0.466 e. The van der Waals surface area contributed by atoms with Crippen LogP contribution in [0, 0.1) is 0 Å². The number of carbonyl (C=O) groups is 1. The van der Waals surface area contributed by atoms with Crippen LogP contribution in [-0.4, -0.2) is 65.7 Å². The second-order valence-corrected chi connectivity index (χ2v) is 8.35. The van der Waals surface area contributed by atoms with E-state index < -0.39 is 0 Å². The standard InChI is InChI=1S/C20H35N7O3/c1-5-30-19(29)9-6-7-11-26-15-17(21-23-26)13-25(10-8-12-28)14-18-16-27(24-22-18)20(2,3)4/h15-16,28H,5-14H2,1-4H3. The summed E-state index contributed by atoms with van der Waals surface area (Å²) in [5.41, 5.74) is 1.63. The highest BCUT2D eigenvalue weighted by Crippen LogP contribution is 2.14. The lowest BCUT2D eigenvalue weighted by Gasteiger charge is -2.20. The van der Waals surface area contributed by atoms with Gasteiger partial charge in [-0.2, -0.15) is 0 Å². The molecule has 0 saturated carbocycles. The number of aromatic nitrogens is 6. The molecule has 2 heterocycles. The summed E-state index contributed by atoms with van der Waals surface area (Å²) in [6, 6.07) is 0. The molecule has 0 fully saturated rings. The zero-order valence-corrected chi connectivity index (χ0v) is 18.6. The second kappa shape index (κ2) is 11.8. The molecule has 1 N–H and O–H groups in total. The average Bonchev–Trinajstić information content (AvgIpc) is 3.33. The fourth-order valence-electron chi connectivity index (χ4n) is 2.96. The summed E-state index contributed by atoms with van der Waals surface area (Å²) >= 11 is 0. The van der Waals surface area contributed by atoms with Gasteiger partial charge in [0.05, 0.1) is 29.7 Å². The molecule has 0 aliphatic rings. The van der Waals surface area contributed by atoms with Crippen molar-refractivity contribution in [3.05, 3.63) is 23.8 Å². The van der Waals surface area contributed by atoms with E-state index in [0.29, 0.717) is 39.1 Å². The highest BCUT2D eigenvalue weighted by molar-refractivity contribution is 5.69. The summed E-state index contributed by atoms with van der Waals surface area (Å²) < 4.78 is 8.60. The molecule has 168 valence electrons. The van der Waals surface area contributed by atoms with E-state index in [1.807, 2.05) is 24.0 Å². The van der Waals surface area contributed by atoms with Crippen molar-refractivity contribution < 1.29 is 14.6 Å². The first-order valence-corrected chi connectivity index (χ1v) is 10.6. The number of aliphatic hydroxyl groups is 1. The van der Waals surface area contributed by atoms with Crippen LogP contribution < -0.4 is 0 Å². The van der Waals surface area contributed by atoms with Gasteiger partial charge in [-0.1, -0.05) is 10.4 Å². The summed E-state index contributed by atoms with van der Waals surface area (Å²) in [4.78, 5) is 13.6. The number of rotatable bonds is 13. The summed E-state index contributed by atoms with van der Waals surface area (Å²) in [5.74, 6) is -0.153. The largest absolute Gasteiger partial charge is 0.466 e. The van der Waals surface area contributed by atoms with Gasteiger partial charge in [0.15, 0.2) is 0 Å². The van der Waals surface area contributed by atoms with Gasteiger partial charge in [0.2, 0.25) is 0 Å². The van der Waals surface area contributed by atoms with Gasteiger partial charge in [-0.05, 0) is 47.0 Å². The van der Waals surface area contributed by atoms with Crippen molar-refractivity contribution in [2.45, 2.75) is 78.6 Å². The number of aryl methyl sites for hydroxylation is 1. The van der Waals surface area contributed by atoms with Crippen molar-refractivity contribution in [1.82, 2.24) is 34.9 Å². The van der Waals surface area contributed by atoms with E-state index in [1.54, 1.807) is 4.68 Å². The van der Waals surface area contributed by atoms with Crippen LogP contribution in [0.2, 0.25) is 0 Å². The Labute approximate surface area is 178 Å². The normalized spacial score (nSPS) is 11.9. The molecule has 10 nitrogen and oxygen atoms in total. The molecule has 0 atom stereocenters. The molecule has 0 aliphatic heterocycles. The molecule has 0 spiro atoms. The fourth-order valence-corrected chi connectivity index (χ4v) is 2.96. The SMILES string of the molecule is CCOC(=O)CCCCn1cc(CN(CCCO)Cc2cn(C(C)(C)C)nn2)nn1. The van der Waals surface area contributed by atoms with E-state index in [9.17, 15) is 9.90 Å². The van der Waals surface area contributed by atoms with E-state index in [-0.39, 0.29) is 18.1 Å². The number of hydrogen-bond acceptors (Lipinski definition) is 8. The Morgan fingerprint density at radius 3 is 2.43 bits per heavy atom. The molecular weight excluding hydrogens is 386 g/mol. The molecule has 0 amide bonds. The Balaban J connectivity index is 1.87. The Bertz CT molecular complexity index is 767. The molecule has 0 saturated heterocycles. The molecule has 0 unspecified atom stereocenters. The Hall–Kier alpha value is -2.33. The lowest BCUT2D eigenvalue weighted by atomic mass is 10.1. The van der Waals surface area contributed by atoms with E-state index in [4.69, 9.17) is 4.74 Å². The highest BCUT2D eigenvalue weighted by Gasteiger charge is 2.17. The van der Waals surface area contributed by atoms with Gasteiger partial charge in [-0.3, -0.25) is 14.4 Å². The van der Waals surface area contributed by atoms with Crippen molar-refractivity contribution in [2.24, 2.45) is 0 Å². The van der Waals surface area contributed by atoms with Crippen LogP contribution in [0.1, 0.15) is 64.8 Å². The average molecular weight is 422 g/mol. The maximum atomic E-state index is 11.4. The maximum Gasteiger partial charge on any atom is 0.305 e. The van der Waals surface area contributed by atoms with Gasteiger partial charge in [0.1, 0.15) is 0 Å². The predicted molar refractivity (Wildman–Crippen MR) is 111 cm³/mol. The molecule has 0 aromatic carbocycles. The first kappa shape index (κ1) is 23.9. The summed E-state index contributed by atoms with van der Waals surface area (Å²) in [6.07, 6.45) is 6.61. The van der Waals surface area contributed by atoms with E-state index in [0.717, 1.165) is 30.8 Å². The quantitative estimate of drug-likeness (QED) is 0.385. The Morgan fingerprint density at radius 2 is 1.80 bits per heavy atom. The minimum atomic E-state index is -0.153. The summed E-state index contributed by atoms with van der Waals surface area (Å²) in [5, 5.41) is 26.2. The number of esters is 1. The Kier molecular flexibility index (Phi) is 9.38. The third kappa shape index (κ3) is 8.19. The fraction of sp³-hybridized carbons (Fsp3) is 0.750. The summed E-state index contributed by atoms with van der Waals surface area (Å²) in [7, 11) is 0. The van der Waals surface area contributed by atoms with Crippen molar-refractivity contribution in [1.29, 1.82) is 0 Å². The lowest BCUT2D eigenvalue weighted by Crippen LogP contribution is -2.25. The third-order valence-corrected chi connectivity index (χ3v) is 4.54. The predicted octanol–water partition coefficient (Wildman–Crippen LogP) is 1.74. The molecule has 2 aromatic heterocycles. The smallest absolute Gasteiger partial charge is 0.305 e. The minimum absolute atomic E-state index is 0.114. The molecule has 0 aliphatic carbocycles. The maximum absolute atomic E-state index is 11.4. The first-order valence-electron chi connectivity index (χ1n) is 10.6. The molecule has 2 aromatic rings. The molecular formula is C20H35N7O3. The van der Waals surface area contributed by atoms with Crippen molar-refractivity contribution in [3.8, 4) is 0 Å². The number of aliphatic hydroxyl groups excluding tert-OH is 1. The number of hydrogen-bond donors (Lipinski definition) is 1. The topological polar surface area (TPSA) is 111 Å². The number of nitrogens with zero attached hydrogens (tertiary/aromatic N) is 7. The van der Waals surface area contributed by atoms with E-state index >= 15 is 0 Å². The number of unbranched alkanes of at least 4 members (excludes halogenated alkanes) is 1. The van der Waals surface area contributed by atoms with E-state index in [2.05, 4.69) is 46.3 Å². The summed E-state index contributed by atoms with van der Waals surface area (Å²) in [6.45, 7) is 11.3. The van der Waals surface area contributed by atoms with Crippen LogP contribution in [0.5, 0.6) is 0 Å². The van der Waals surface area contributed by atoms with E-state index in [1.165, 1.54) is 0 Å². The van der Waals surface area contributed by atoms with Gasteiger partial charge in [-0.25, -0.2) is 4.68 Å². The van der Waals surface area contributed by atoms with Crippen LogP contribution in [-0.2, 0) is 34.7 Å². The number of carbonyl (C=O) groups excluding carboxylic acids is 1. The van der Waals surface area contributed by atoms with Gasteiger partial charge >= 0.3 is 5.97 Å².